The number of nitrogen functional groups attached to an aromatic ring is 1. The van der Waals surface area contributed by atoms with Crippen LogP contribution in [-0.2, 0) is 6.54 Å². The third kappa shape index (κ3) is 0.937. The van der Waals surface area contributed by atoms with Crippen LogP contribution >= 0.6 is 0 Å². The van der Waals surface area contributed by atoms with Crippen molar-refractivity contribution in [1.29, 1.82) is 5.26 Å². The van der Waals surface area contributed by atoms with Gasteiger partial charge < -0.3 is 5.73 Å². The van der Waals surface area contributed by atoms with Crippen LogP contribution in [0.3, 0.4) is 0 Å². The summed E-state index contributed by atoms with van der Waals surface area (Å²) < 4.78 is 1.21. The van der Waals surface area contributed by atoms with E-state index in [1.54, 1.807) is 0 Å². The minimum absolute atomic E-state index is 0.0961. The first-order valence-electron chi connectivity index (χ1n) is 2.23. The highest BCUT2D eigenvalue weighted by Crippen LogP contribution is 1.88. The SMILES string of the molecule is N#CCn1nnnc1N. The summed E-state index contributed by atoms with van der Waals surface area (Å²) in [6.07, 6.45) is 0. The van der Waals surface area contributed by atoms with E-state index in [1.807, 2.05) is 6.07 Å². The van der Waals surface area contributed by atoms with Gasteiger partial charge in [-0.3, -0.25) is 0 Å². The van der Waals surface area contributed by atoms with E-state index in [-0.39, 0.29) is 12.5 Å². The predicted octanol–water partition coefficient (Wildman–Crippen LogP) is -1.22. The molecule has 0 bridgehead atoms. The summed E-state index contributed by atoms with van der Waals surface area (Å²) >= 11 is 0. The van der Waals surface area contributed by atoms with Gasteiger partial charge in [0.1, 0.15) is 6.54 Å². The van der Waals surface area contributed by atoms with E-state index in [1.165, 1.54) is 4.68 Å². The van der Waals surface area contributed by atoms with E-state index in [4.69, 9.17) is 11.0 Å². The zero-order valence-corrected chi connectivity index (χ0v) is 4.52. The van der Waals surface area contributed by atoms with Crippen LogP contribution in [0.15, 0.2) is 0 Å². The summed E-state index contributed by atoms with van der Waals surface area (Å²) in [5.74, 6) is 0.163. The van der Waals surface area contributed by atoms with Crippen molar-refractivity contribution >= 4 is 5.95 Å². The molecule has 0 aliphatic carbocycles. The van der Waals surface area contributed by atoms with Crippen molar-refractivity contribution in [2.24, 2.45) is 0 Å². The number of rotatable bonds is 1. The van der Waals surface area contributed by atoms with Crippen molar-refractivity contribution in [3.63, 3.8) is 0 Å². The van der Waals surface area contributed by atoms with E-state index in [2.05, 4.69) is 15.5 Å². The number of aromatic nitrogens is 4. The number of nitrogens with two attached hydrogens (primary N) is 1. The molecule has 2 N–H and O–H groups in total. The summed E-state index contributed by atoms with van der Waals surface area (Å²) in [7, 11) is 0. The number of anilines is 1. The standard InChI is InChI=1S/C3H4N6/c4-1-2-9-3(5)6-7-8-9/h2H2,(H2,5,6,8). The second-order valence-electron chi connectivity index (χ2n) is 1.35. The van der Waals surface area contributed by atoms with E-state index in [9.17, 15) is 0 Å². The number of nitrogens with zero attached hydrogens (tertiary/aromatic N) is 5. The molecule has 0 aliphatic heterocycles. The molecule has 0 atom stereocenters. The molecular weight excluding hydrogens is 120 g/mol. The van der Waals surface area contributed by atoms with Gasteiger partial charge in [-0.05, 0) is 10.4 Å². The molecule has 1 aromatic rings. The van der Waals surface area contributed by atoms with Gasteiger partial charge in [-0.25, -0.2) is 0 Å². The van der Waals surface area contributed by atoms with Crippen LogP contribution in [-0.4, -0.2) is 20.2 Å². The van der Waals surface area contributed by atoms with E-state index < -0.39 is 0 Å². The second kappa shape index (κ2) is 2.09. The van der Waals surface area contributed by atoms with Crippen molar-refractivity contribution in [1.82, 2.24) is 20.2 Å². The van der Waals surface area contributed by atoms with Crippen LogP contribution < -0.4 is 5.73 Å². The molecule has 0 radical (unpaired) electrons. The minimum Gasteiger partial charge on any atom is -0.367 e. The molecule has 1 aromatic heterocycles. The quantitative estimate of drug-likeness (QED) is 0.506. The van der Waals surface area contributed by atoms with Gasteiger partial charge in [0.05, 0.1) is 6.07 Å². The fourth-order valence-corrected chi connectivity index (χ4v) is 0.391. The molecule has 0 saturated carbocycles. The Morgan fingerprint density at radius 3 is 3.00 bits per heavy atom. The molecule has 0 aliphatic rings. The van der Waals surface area contributed by atoms with Crippen molar-refractivity contribution < 1.29 is 0 Å². The topological polar surface area (TPSA) is 93.4 Å². The Labute approximate surface area is 50.9 Å². The molecule has 9 heavy (non-hydrogen) atoms. The van der Waals surface area contributed by atoms with Crippen LogP contribution in [0.4, 0.5) is 5.95 Å². The van der Waals surface area contributed by atoms with Crippen LogP contribution in [0.5, 0.6) is 0 Å². The van der Waals surface area contributed by atoms with Gasteiger partial charge in [0.25, 0.3) is 0 Å². The first-order valence-corrected chi connectivity index (χ1v) is 2.23. The van der Waals surface area contributed by atoms with Crippen molar-refractivity contribution in [3.8, 4) is 6.07 Å². The third-order valence-electron chi connectivity index (χ3n) is 0.780. The largest absolute Gasteiger partial charge is 0.367 e. The van der Waals surface area contributed by atoms with Gasteiger partial charge >= 0.3 is 0 Å². The maximum Gasteiger partial charge on any atom is 0.241 e. The Kier molecular flexibility index (Phi) is 1.27. The fraction of sp³-hybridized carbons (Fsp3) is 0.333. The number of tetrazole rings is 1. The van der Waals surface area contributed by atoms with Gasteiger partial charge in [-0.1, -0.05) is 5.10 Å². The van der Waals surface area contributed by atoms with Crippen LogP contribution in [0.25, 0.3) is 0 Å². The smallest absolute Gasteiger partial charge is 0.241 e. The molecule has 0 aromatic carbocycles. The Hall–Kier alpha value is -1.64. The Morgan fingerprint density at radius 1 is 1.78 bits per heavy atom. The predicted molar refractivity (Wildman–Crippen MR) is 27.8 cm³/mol. The number of nitriles is 1. The number of hydrogen-bond acceptors (Lipinski definition) is 5. The summed E-state index contributed by atoms with van der Waals surface area (Å²) in [6.45, 7) is 0.0961. The molecule has 0 saturated heterocycles. The lowest BCUT2D eigenvalue weighted by Crippen LogP contribution is -2.03. The second-order valence-corrected chi connectivity index (χ2v) is 1.35. The summed E-state index contributed by atoms with van der Waals surface area (Å²) in [5, 5.41) is 18.1. The summed E-state index contributed by atoms with van der Waals surface area (Å²) in [6, 6.07) is 1.85. The van der Waals surface area contributed by atoms with Crippen LogP contribution in [0.2, 0.25) is 0 Å². The maximum absolute atomic E-state index is 8.14. The monoisotopic (exact) mass is 124 g/mol. The first kappa shape index (κ1) is 5.50. The Morgan fingerprint density at radius 2 is 2.56 bits per heavy atom. The van der Waals surface area contributed by atoms with Crippen molar-refractivity contribution in [2.45, 2.75) is 6.54 Å². The Balaban J connectivity index is 2.84. The van der Waals surface area contributed by atoms with Gasteiger partial charge in [0, 0.05) is 0 Å². The highest BCUT2D eigenvalue weighted by Gasteiger charge is 1.96. The average molecular weight is 124 g/mol. The normalized spacial score (nSPS) is 8.78. The first-order chi connectivity index (χ1) is 4.34. The van der Waals surface area contributed by atoms with Gasteiger partial charge in [0.15, 0.2) is 0 Å². The molecule has 0 unspecified atom stereocenters. The molecular formula is C3H4N6. The van der Waals surface area contributed by atoms with E-state index in [0.29, 0.717) is 0 Å². The van der Waals surface area contributed by atoms with E-state index in [0.717, 1.165) is 0 Å². The number of hydrogen-bond donors (Lipinski definition) is 1. The molecule has 0 fully saturated rings. The van der Waals surface area contributed by atoms with Crippen molar-refractivity contribution in [3.05, 3.63) is 0 Å². The fourth-order valence-electron chi connectivity index (χ4n) is 0.391. The lowest BCUT2D eigenvalue weighted by atomic mass is 10.7. The van der Waals surface area contributed by atoms with Gasteiger partial charge in [-0.2, -0.15) is 9.94 Å². The highest BCUT2D eigenvalue weighted by atomic mass is 15.6. The molecule has 1 rings (SSSR count). The third-order valence-corrected chi connectivity index (χ3v) is 0.780. The molecule has 1 heterocycles. The van der Waals surface area contributed by atoms with Crippen LogP contribution in [0, 0.1) is 11.3 Å². The maximum atomic E-state index is 8.14. The Bertz CT molecular complexity index is 231. The van der Waals surface area contributed by atoms with Gasteiger partial charge in [0.2, 0.25) is 5.95 Å². The minimum atomic E-state index is 0.0961. The molecule has 0 amide bonds. The molecule has 6 nitrogen and oxygen atoms in total. The molecule has 6 heteroatoms. The average Bonchev–Trinajstić information content (AvgIpc) is 2.18. The summed E-state index contributed by atoms with van der Waals surface area (Å²) in [4.78, 5) is 0. The van der Waals surface area contributed by atoms with Crippen LogP contribution in [0.1, 0.15) is 0 Å². The summed E-state index contributed by atoms with van der Waals surface area (Å²) in [5.41, 5.74) is 5.20. The van der Waals surface area contributed by atoms with Crippen molar-refractivity contribution in [2.75, 3.05) is 5.73 Å². The zero-order chi connectivity index (χ0) is 6.69. The zero-order valence-electron chi connectivity index (χ0n) is 4.52. The molecule has 46 valence electrons. The lowest BCUT2D eigenvalue weighted by molar-refractivity contribution is 0.673. The lowest BCUT2D eigenvalue weighted by Gasteiger charge is -1.88. The highest BCUT2D eigenvalue weighted by molar-refractivity contribution is 5.10. The van der Waals surface area contributed by atoms with E-state index >= 15 is 0 Å². The molecule has 0 spiro atoms. The van der Waals surface area contributed by atoms with Gasteiger partial charge in [-0.15, -0.1) is 0 Å².